The van der Waals surface area contributed by atoms with Gasteiger partial charge in [-0.15, -0.1) is 0 Å². The minimum absolute atomic E-state index is 0.839. The monoisotopic (exact) mass is 211 g/mol. The Kier molecular flexibility index (Phi) is 1.66. The average Bonchev–Trinajstić information content (AvgIpc) is 2.50. The summed E-state index contributed by atoms with van der Waals surface area (Å²) >= 11 is 3.39. The van der Waals surface area contributed by atoms with E-state index in [1.54, 1.807) is 6.26 Å². The standard InChI is InChI=1S/C8H6BrNO/c9-4-6-2-1-3-8-7(6)5-11-10-8/h1-3,5H,4H2. The highest BCUT2D eigenvalue weighted by Crippen LogP contribution is 2.18. The van der Waals surface area contributed by atoms with E-state index in [9.17, 15) is 0 Å². The van der Waals surface area contributed by atoms with E-state index >= 15 is 0 Å². The molecule has 2 aromatic rings. The summed E-state index contributed by atoms with van der Waals surface area (Å²) in [6.07, 6.45) is 1.67. The van der Waals surface area contributed by atoms with Crippen molar-refractivity contribution in [3.63, 3.8) is 0 Å². The van der Waals surface area contributed by atoms with E-state index < -0.39 is 0 Å². The first kappa shape index (κ1) is 6.85. The Hall–Kier alpha value is -0.830. The fourth-order valence-corrected chi connectivity index (χ4v) is 1.56. The van der Waals surface area contributed by atoms with Gasteiger partial charge in [0.05, 0.1) is 0 Å². The van der Waals surface area contributed by atoms with Crippen molar-refractivity contribution in [1.82, 2.24) is 5.16 Å². The molecule has 0 atom stereocenters. The predicted octanol–water partition coefficient (Wildman–Crippen LogP) is 2.72. The molecule has 1 aromatic heterocycles. The number of fused-ring (bicyclic) bond motifs is 1. The smallest absolute Gasteiger partial charge is 0.131 e. The number of alkyl halides is 1. The lowest BCUT2D eigenvalue weighted by Gasteiger charge is -1.93. The molecular formula is C8H6BrNO. The largest absolute Gasteiger partial charge is 0.363 e. The van der Waals surface area contributed by atoms with Gasteiger partial charge in [0, 0.05) is 10.7 Å². The lowest BCUT2D eigenvalue weighted by molar-refractivity contribution is 0.428. The van der Waals surface area contributed by atoms with Gasteiger partial charge < -0.3 is 4.52 Å². The van der Waals surface area contributed by atoms with Gasteiger partial charge in [-0.3, -0.25) is 0 Å². The average molecular weight is 212 g/mol. The van der Waals surface area contributed by atoms with Crippen molar-refractivity contribution < 1.29 is 4.52 Å². The van der Waals surface area contributed by atoms with Crippen LogP contribution in [0.3, 0.4) is 0 Å². The minimum Gasteiger partial charge on any atom is -0.363 e. The van der Waals surface area contributed by atoms with Crippen LogP contribution in [-0.2, 0) is 5.33 Å². The molecule has 11 heavy (non-hydrogen) atoms. The van der Waals surface area contributed by atoms with Crippen LogP contribution in [0.2, 0.25) is 0 Å². The molecule has 0 saturated carbocycles. The molecule has 2 rings (SSSR count). The van der Waals surface area contributed by atoms with E-state index in [0.717, 1.165) is 16.2 Å². The molecule has 0 aliphatic heterocycles. The Labute approximate surface area is 72.3 Å². The van der Waals surface area contributed by atoms with Crippen LogP contribution in [0.5, 0.6) is 0 Å². The van der Waals surface area contributed by atoms with Crippen LogP contribution in [0.1, 0.15) is 5.56 Å². The van der Waals surface area contributed by atoms with Gasteiger partial charge in [-0.25, -0.2) is 0 Å². The van der Waals surface area contributed by atoms with Gasteiger partial charge in [-0.05, 0) is 11.6 Å². The van der Waals surface area contributed by atoms with E-state index in [-0.39, 0.29) is 0 Å². The van der Waals surface area contributed by atoms with Crippen LogP contribution in [0.25, 0.3) is 10.9 Å². The van der Waals surface area contributed by atoms with Crippen LogP contribution >= 0.6 is 15.9 Å². The van der Waals surface area contributed by atoms with Gasteiger partial charge >= 0.3 is 0 Å². The highest BCUT2D eigenvalue weighted by Gasteiger charge is 2.01. The van der Waals surface area contributed by atoms with Crippen LogP contribution in [-0.4, -0.2) is 5.16 Å². The first-order chi connectivity index (χ1) is 5.42. The summed E-state index contributed by atoms with van der Waals surface area (Å²) in [7, 11) is 0. The molecule has 0 amide bonds. The highest BCUT2D eigenvalue weighted by atomic mass is 79.9. The van der Waals surface area contributed by atoms with Gasteiger partial charge in [0.2, 0.25) is 0 Å². The third kappa shape index (κ3) is 1.05. The molecule has 1 aromatic carbocycles. The lowest BCUT2D eigenvalue weighted by atomic mass is 10.2. The topological polar surface area (TPSA) is 26.0 Å². The number of nitrogens with zero attached hydrogens (tertiary/aromatic N) is 1. The summed E-state index contributed by atoms with van der Waals surface area (Å²) < 4.78 is 4.84. The van der Waals surface area contributed by atoms with Crippen molar-refractivity contribution in [3.05, 3.63) is 30.0 Å². The summed E-state index contributed by atoms with van der Waals surface area (Å²) in [4.78, 5) is 0. The van der Waals surface area contributed by atoms with Crippen molar-refractivity contribution in [1.29, 1.82) is 0 Å². The van der Waals surface area contributed by atoms with Gasteiger partial charge in [-0.2, -0.15) is 0 Å². The maximum absolute atomic E-state index is 4.84. The Morgan fingerprint density at radius 3 is 3.18 bits per heavy atom. The van der Waals surface area contributed by atoms with Gasteiger partial charge in [0.1, 0.15) is 11.8 Å². The zero-order chi connectivity index (χ0) is 7.68. The van der Waals surface area contributed by atoms with Crippen LogP contribution < -0.4 is 0 Å². The second-order valence-electron chi connectivity index (χ2n) is 2.30. The quantitative estimate of drug-likeness (QED) is 0.679. The SMILES string of the molecule is BrCc1cccc2nocc12. The zero-order valence-corrected chi connectivity index (χ0v) is 7.34. The third-order valence-corrected chi connectivity index (χ3v) is 2.24. The molecule has 0 fully saturated rings. The molecular weight excluding hydrogens is 206 g/mol. The summed E-state index contributed by atoms with van der Waals surface area (Å²) in [6, 6.07) is 5.96. The molecule has 0 spiro atoms. The van der Waals surface area contributed by atoms with E-state index in [4.69, 9.17) is 4.52 Å². The van der Waals surface area contributed by atoms with Crippen LogP contribution in [0.15, 0.2) is 29.0 Å². The molecule has 0 N–H and O–H groups in total. The molecule has 0 aliphatic carbocycles. The van der Waals surface area contributed by atoms with Crippen molar-refractivity contribution in [3.8, 4) is 0 Å². The second kappa shape index (κ2) is 2.66. The number of benzene rings is 1. The zero-order valence-electron chi connectivity index (χ0n) is 5.75. The van der Waals surface area contributed by atoms with Gasteiger partial charge in [-0.1, -0.05) is 33.2 Å². The fraction of sp³-hybridized carbons (Fsp3) is 0.125. The normalized spacial score (nSPS) is 10.6. The first-order valence-corrected chi connectivity index (χ1v) is 4.42. The second-order valence-corrected chi connectivity index (χ2v) is 2.86. The van der Waals surface area contributed by atoms with Gasteiger partial charge in [0.25, 0.3) is 0 Å². The fourth-order valence-electron chi connectivity index (χ4n) is 1.07. The minimum atomic E-state index is 0.839. The Morgan fingerprint density at radius 2 is 2.36 bits per heavy atom. The van der Waals surface area contributed by atoms with Crippen molar-refractivity contribution in [2.24, 2.45) is 0 Å². The highest BCUT2D eigenvalue weighted by molar-refractivity contribution is 9.08. The Balaban J connectivity index is 2.79. The first-order valence-electron chi connectivity index (χ1n) is 3.30. The molecule has 0 unspecified atom stereocenters. The van der Waals surface area contributed by atoms with Crippen molar-refractivity contribution in [2.75, 3.05) is 0 Å². The molecule has 0 radical (unpaired) electrons. The number of halogens is 1. The predicted molar refractivity (Wildman–Crippen MR) is 46.6 cm³/mol. The van der Waals surface area contributed by atoms with E-state index in [0.29, 0.717) is 0 Å². The Bertz CT molecular complexity index is 369. The third-order valence-electron chi connectivity index (χ3n) is 1.64. The number of hydrogen-bond acceptors (Lipinski definition) is 2. The molecule has 1 heterocycles. The van der Waals surface area contributed by atoms with Crippen molar-refractivity contribution >= 4 is 26.8 Å². The summed E-state index contributed by atoms with van der Waals surface area (Å²) in [6.45, 7) is 0. The van der Waals surface area contributed by atoms with E-state index in [2.05, 4.69) is 21.1 Å². The summed E-state index contributed by atoms with van der Waals surface area (Å²) in [5, 5.41) is 5.76. The molecule has 0 aliphatic rings. The Morgan fingerprint density at radius 1 is 1.45 bits per heavy atom. The summed E-state index contributed by atoms with van der Waals surface area (Å²) in [5.74, 6) is 0. The summed E-state index contributed by atoms with van der Waals surface area (Å²) in [5.41, 5.74) is 2.13. The molecule has 0 saturated heterocycles. The molecule has 2 nitrogen and oxygen atoms in total. The lowest BCUT2D eigenvalue weighted by Crippen LogP contribution is -1.76. The molecule has 56 valence electrons. The number of hydrogen-bond donors (Lipinski definition) is 0. The molecule has 3 heteroatoms. The number of aromatic nitrogens is 1. The molecule has 0 bridgehead atoms. The van der Waals surface area contributed by atoms with Crippen LogP contribution in [0.4, 0.5) is 0 Å². The van der Waals surface area contributed by atoms with Crippen LogP contribution in [0, 0.1) is 0 Å². The van der Waals surface area contributed by atoms with E-state index in [1.807, 2.05) is 18.2 Å². The number of rotatable bonds is 1. The maximum atomic E-state index is 4.84. The maximum Gasteiger partial charge on any atom is 0.131 e. The van der Waals surface area contributed by atoms with E-state index in [1.165, 1.54) is 5.56 Å². The van der Waals surface area contributed by atoms with Gasteiger partial charge in [0.15, 0.2) is 0 Å². The van der Waals surface area contributed by atoms with Crippen molar-refractivity contribution in [2.45, 2.75) is 5.33 Å².